The van der Waals surface area contributed by atoms with Gasteiger partial charge in [0.25, 0.3) is 0 Å². The molecule has 2 heterocycles. The molecule has 104 valence electrons. The third kappa shape index (κ3) is 2.72. The number of hydrogen-bond donors (Lipinski definition) is 1. The summed E-state index contributed by atoms with van der Waals surface area (Å²) in [5, 5.41) is 2.95. The Hall–Kier alpha value is -1.58. The van der Waals surface area contributed by atoms with E-state index in [1.807, 2.05) is 13.8 Å². The summed E-state index contributed by atoms with van der Waals surface area (Å²) >= 11 is 0. The largest absolute Gasteiger partial charge is 0.373 e. The molecule has 1 aromatic rings. The maximum atomic E-state index is 11.7. The second-order valence-corrected chi connectivity index (χ2v) is 5.33. The van der Waals surface area contributed by atoms with Gasteiger partial charge < -0.3 is 10.2 Å². The average Bonchev–Trinajstić information content (AvgIpc) is 2.35. The summed E-state index contributed by atoms with van der Waals surface area (Å²) < 4.78 is 0. The van der Waals surface area contributed by atoms with Gasteiger partial charge in [0.1, 0.15) is 5.82 Å². The van der Waals surface area contributed by atoms with E-state index in [4.69, 9.17) is 0 Å². The van der Waals surface area contributed by atoms with E-state index in [1.165, 1.54) is 11.3 Å². The Morgan fingerprint density at radius 2 is 2.11 bits per heavy atom. The van der Waals surface area contributed by atoms with E-state index >= 15 is 0 Å². The smallest absolute Gasteiger partial charge is 0.225 e. The van der Waals surface area contributed by atoms with E-state index in [0.29, 0.717) is 6.42 Å². The summed E-state index contributed by atoms with van der Waals surface area (Å²) in [5.41, 5.74) is 4.68. The molecule has 1 amide bonds. The van der Waals surface area contributed by atoms with Crippen molar-refractivity contribution in [2.24, 2.45) is 0 Å². The molecule has 2 rings (SSSR count). The third-order valence-corrected chi connectivity index (χ3v) is 3.82. The minimum absolute atomic E-state index is 0.0571. The van der Waals surface area contributed by atoms with Gasteiger partial charge in [-0.15, -0.1) is 0 Å². The summed E-state index contributed by atoms with van der Waals surface area (Å²) in [4.78, 5) is 18.7. The number of carbonyl (C=O) groups is 1. The fourth-order valence-corrected chi connectivity index (χ4v) is 2.66. The van der Waals surface area contributed by atoms with Crippen molar-refractivity contribution in [3.8, 4) is 0 Å². The number of rotatable bonds is 3. The predicted molar refractivity (Wildman–Crippen MR) is 78.8 cm³/mol. The summed E-state index contributed by atoms with van der Waals surface area (Å²) in [7, 11) is 2.11. The van der Waals surface area contributed by atoms with E-state index < -0.39 is 0 Å². The lowest BCUT2D eigenvalue weighted by Gasteiger charge is -2.30. The van der Waals surface area contributed by atoms with E-state index in [-0.39, 0.29) is 5.91 Å². The SMILES string of the molecule is CCCC(=O)Nc1nc2c(c(C)c1C)N(C)CCC2. The first-order chi connectivity index (χ1) is 9.04. The third-order valence-electron chi connectivity index (χ3n) is 3.82. The minimum Gasteiger partial charge on any atom is -0.373 e. The van der Waals surface area contributed by atoms with Crippen LogP contribution in [0.2, 0.25) is 0 Å². The number of nitrogens with one attached hydrogen (secondary N) is 1. The van der Waals surface area contributed by atoms with Crippen LogP contribution >= 0.6 is 0 Å². The zero-order valence-electron chi connectivity index (χ0n) is 12.3. The molecule has 0 spiro atoms. The van der Waals surface area contributed by atoms with Crippen LogP contribution in [-0.4, -0.2) is 24.5 Å². The molecule has 0 aromatic carbocycles. The molecule has 0 radical (unpaired) electrons. The molecule has 19 heavy (non-hydrogen) atoms. The number of fused-ring (bicyclic) bond motifs is 1. The number of amides is 1. The number of hydrogen-bond acceptors (Lipinski definition) is 3. The van der Waals surface area contributed by atoms with Gasteiger partial charge >= 0.3 is 0 Å². The first-order valence-electron chi connectivity index (χ1n) is 7.05. The Bertz CT molecular complexity index is 497. The van der Waals surface area contributed by atoms with Crippen molar-refractivity contribution in [1.29, 1.82) is 0 Å². The number of carbonyl (C=O) groups excluding carboxylic acids is 1. The van der Waals surface area contributed by atoms with Gasteiger partial charge in [-0.2, -0.15) is 0 Å². The quantitative estimate of drug-likeness (QED) is 0.910. The number of pyridine rings is 1. The zero-order chi connectivity index (χ0) is 14.0. The van der Waals surface area contributed by atoms with Crippen LogP contribution in [0, 0.1) is 13.8 Å². The molecule has 0 fully saturated rings. The highest BCUT2D eigenvalue weighted by molar-refractivity contribution is 5.91. The van der Waals surface area contributed by atoms with Gasteiger partial charge in [0.05, 0.1) is 11.4 Å². The molecule has 0 atom stereocenters. The van der Waals surface area contributed by atoms with Gasteiger partial charge in [0.15, 0.2) is 0 Å². The van der Waals surface area contributed by atoms with Crippen LogP contribution in [0.5, 0.6) is 0 Å². The molecule has 0 aliphatic carbocycles. The van der Waals surface area contributed by atoms with Crippen LogP contribution in [0.15, 0.2) is 0 Å². The average molecular weight is 261 g/mol. The summed E-state index contributed by atoms with van der Waals surface area (Å²) in [6, 6.07) is 0. The molecule has 1 aliphatic rings. The van der Waals surface area contributed by atoms with E-state index in [0.717, 1.165) is 42.9 Å². The van der Waals surface area contributed by atoms with Gasteiger partial charge in [-0.1, -0.05) is 6.92 Å². The number of anilines is 2. The molecule has 0 saturated carbocycles. The molecular weight excluding hydrogens is 238 g/mol. The topological polar surface area (TPSA) is 45.2 Å². The van der Waals surface area contributed by atoms with Crippen molar-refractivity contribution in [1.82, 2.24) is 4.98 Å². The second-order valence-electron chi connectivity index (χ2n) is 5.33. The monoisotopic (exact) mass is 261 g/mol. The van der Waals surface area contributed by atoms with Crippen molar-refractivity contribution in [2.45, 2.75) is 46.5 Å². The van der Waals surface area contributed by atoms with Crippen LogP contribution in [0.1, 0.15) is 43.0 Å². The Morgan fingerprint density at radius 1 is 1.37 bits per heavy atom. The lowest BCUT2D eigenvalue weighted by Crippen LogP contribution is -2.27. The fraction of sp³-hybridized carbons (Fsp3) is 0.600. The number of nitrogens with zero attached hydrogens (tertiary/aromatic N) is 2. The zero-order valence-corrected chi connectivity index (χ0v) is 12.3. The van der Waals surface area contributed by atoms with Crippen molar-refractivity contribution < 1.29 is 4.79 Å². The van der Waals surface area contributed by atoms with Crippen LogP contribution in [-0.2, 0) is 11.2 Å². The normalized spacial score (nSPS) is 14.2. The highest BCUT2D eigenvalue weighted by Crippen LogP contribution is 2.33. The van der Waals surface area contributed by atoms with Crippen LogP contribution in [0.25, 0.3) is 0 Å². The van der Waals surface area contributed by atoms with Crippen LogP contribution in [0.4, 0.5) is 11.5 Å². The summed E-state index contributed by atoms with van der Waals surface area (Å²) in [5.74, 6) is 0.798. The van der Waals surface area contributed by atoms with Gasteiger partial charge in [-0.05, 0) is 44.2 Å². The molecule has 0 saturated heterocycles. The first kappa shape index (κ1) is 13.8. The van der Waals surface area contributed by atoms with Gasteiger partial charge in [-0.3, -0.25) is 4.79 Å². The van der Waals surface area contributed by atoms with Gasteiger partial charge in [0.2, 0.25) is 5.91 Å². The predicted octanol–water partition coefficient (Wildman–Crippen LogP) is 2.82. The maximum Gasteiger partial charge on any atom is 0.225 e. The summed E-state index contributed by atoms with van der Waals surface area (Å²) in [6.45, 7) is 7.24. The highest BCUT2D eigenvalue weighted by Gasteiger charge is 2.21. The molecule has 0 unspecified atom stereocenters. The van der Waals surface area contributed by atoms with Crippen LogP contribution in [0.3, 0.4) is 0 Å². The fourth-order valence-electron chi connectivity index (χ4n) is 2.66. The Labute approximate surface area is 115 Å². The van der Waals surface area contributed by atoms with E-state index in [2.05, 4.69) is 29.2 Å². The van der Waals surface area contributed by atoms with Crippen molar-refractivity contribution in [2.75, 3.05) is 23.8 Å². The molecule has 4 heteroatoms. The van der Waals surface area contributed by atoms with Crippen molar-refractivity contribution >= 4 is 17.4 Å². The molecular formula is C15H23N3O. The highest BCUT2D eigenvalue weighted by atomic mass is 16.1. The van der Waals surface area contributed by atoms with Crippen molar-refractivity contribution in [3.63, 3.8) is 0 Å². The summed E-state index contributed by atoms with van der Waals surface area (Å²) in [6.07, 6.45) is 3.54. The van der Waals surface area contributed by atoms with Gasteiger partial charge in [0, 0.05) is 20.0 Å². The number of aryl methyl sites for hydroxylation is 1. The number of aromatic nitrogens is 1. The second kappa shape index (κ2) is 5.59. The van der Waals surface area contributed by atoms with E-state index in [9.17, 15) is 4.79 Å². The van der Waals surface area contributed by atoms with Crippen LogP contribution < -0.4 is 10.2 Å². The molecule has 1 aromatic heterocycles. The lowest BCUT2D eigenvalue weighted by atomic mass is 10.0. The van der Waals surface area contributed by atoms with E-state index in [1.54, 1.807) is 0 Å². The molecule has 1 aliphatic heterocycles. The molecule has 4 nitrogen and oxygen atoms in total. The first-order valence-corrected chi connectivity index (χ1v) is 7.05. The Kier molecular flexibility index (Phi) is 4.08. The van der Waals surface area contributed by atoms with Crippen molar-refractivity contribution in [3.05, 3.63) is 16.8 Å². The minimum atomic E-state index is 0.0571. The maximum absolute atomic E-state index is 11.7. The Balaban J connectivity index is 2.36. The Morgan fingerprint density at radius 3 is 2.79 bits per heavy atom. The van der Waals surface area contributed by atoms with Gasteiger partial charge in [-0.25, -0.2) is 4.98 Å². The molecule has 0 bridgehead atoms. The molecule has 1 N–H and O–H groups in total. The lowest BCUT2D eigenvalue weighted by molar-refractivity contribution is -0.116. The standard InChI is InChI=1S/C15H23N3O/c1-5-7-13(19)17-15-11(3)10(2)14-12(16-15)8-6-9-18(14)4/h5-9H2,1-4H3,(H,16,17,19).